The standard InChI is InChI=1S/C23H29N7.HI/c1-18-16-19(2)30(27-18)21-9-5-4-8-20(21)17-26-23(24-3)29-14-12-28(13-15-29)22-10-6-7-11-25-22;/h4-11,16H,12-15,17H2,1-3H3,(H,24,26);1H. The molecule has 7 nitrogen and oxygen atoms in total. The van der Waals surface area contributed by atoms with Gasteiger partial charge < -0.3 is 15.1 Å². The van der Waals surface area contributed by atoms with E-state index >= 15 is 0 Å². The molecule has 0 spiro atoms. The summed E-state index contributed by atoms with van der Waals surface area (Å²) >= 11 is 0. The van der Waals surface area contributed by atoms with Crippen molar-refractivity contribution in [3.05, 3.63) is 71.7 Å². The van der Waals surface area contributed by atoms with Gasteiger partial charge >= 0.3 is 0 Å². The number of para-hydroxylation sites is 1. The number of aromatic nitrogens is 3. The molecule has 0 unspecified atom stereocenters. The van der Waals surface area contributed by atoms with Crippen LogP contribution in [0.25, 0.3) is 5.69 Å². The number of guanidine groups is 1. The van der Waals surface area contributed by atoms with Crippen LogP contribution >= 0.6 is 24.0 Å². The van der Waals surface area contributed by atoms with Crippen LogP contribution in [0.1, 0.15) is 17.0 Å². The zero-order valence-corrected chi connectivity index (χ0v) is 20.7. The first-order chi connectivity index (χ1) is 14.7. The number of pyridine rings is 1. The molecule has 8 heteroatoms. The van der Waals surface area contributed by atoms with E-state index in [1.54, 1.807) is 0 Å². The van der Waals surface area contributed by atoms with Gasteiger partial charge in [0.1, 0.15) is 5.82 Å². The van der Waals surface area contributed by atoms with Crippen LogP contribution in [0.4, 0.5) is 5.82 Å². The fraction of sp³-hybridized carbons (Fsp3) is 0.348. The van der Waals surface area contributed by atoms with Crippen molar-refractivity contribution in [3.8, 4) is 5.69 Å². The van der Waals surface area contributed by atoms with Gasteiger partial charge in [-0.1, -0.05) is 24.3 Å². The summed E-state index contributed by atoms with van der Waals surface area (Å²) in [6, 6.07) is 16.5. The van der Waals surface area contributed by atoms with Gasteiger partial charge in [-0.2, -0.15) is 5.10 Å². The number of rotatable bonds is 4. The van der Waals surface area contributed by atoms with Crippen LogP contribution in [0.2, 0.25) is 0 Å². The predicted molar refractivity (Wildman–Crippen MR) is 137 cm³/mol. The summed E-state index contributed by atoms with van der Waals surface area (Å²) in [6.07, 6.45) is 1.85. The summed E-state index contributed by atoms with van der Waals surface area (Å²) in [7, 11) is 1.85. The molecule has 0 amide bonds. The predicted octanol–water partition coefficient (Wildman–Crippen LogP) is 3.40. The highest BCUT2D eigenvalue weighted by Crippen LogP contribution is 2.17. The number of nitrogens with zero attached hydrogens (tertiary/aromatic N) is 6. The monoisotopic (exact) mass is 531 g/mol. The van der Waals surface area contributed by atoms with Crippen LogP contribution in [0.3, 0.4) is 0 Å². The van der Waals surface area contributed by atoms with Crippen LogP contribution in [0, 0.1) is 13.8 Å². The zero-order chi connectivity index (χ0) is 20.9. The van der Waals surface area contributed by atoms with Crippen LogP contribution in [0.5, 0.6) is 0 Å². The molecule has 0 bridgehead atoms. The van der Waals surface area contributed by atoms with Crippen LogP contribution < -0.4 is 10.2 Å². The molecule has 31 heavy (non-hydrogen) atoms. The Balaban J connectivity index is 0.00000272. The van der Waals surface area contributed by atoms with Crippen molar-refractivity contribution in [2.24, 2.45) is 4.99 Å². The second kappa shape index (κ2) is 10.6. The molecule has 0 aliphatic carbocycles. The number of hydrogen-bond acceptors (Lipinski definition) is 4. The van der Waals surface area contributed by atoms with E-state index in [1.165, 1.54) is 5.56 Å². The number of halogens is 1. The molecule has 1 aliphatic rings. The Bertz CT molecular complexity index is 1010. The van der Waals surface area contributed by atoms with Crippen molar-refractivity contribution in [1.29, 1.82) is 0 Å². The molecule has 1 saturated heterocycles. The molecule has 1 fully saturated rings. The van der Waals surface area contributed by atoms with Crippen molar-refractivity contribution in [2.75, 3.05) is 38.1 Å². The highest BCUT2D eigenvalue weighted by atomic mass is 127. The minimum Gasteiger partial charge on any atom is -0.353 e. The Morgan fingerprint density at radius 3 is 2.42 bits per heavy atom. The zero-order valence-electron chi connectivity index (χ0n) is 18.3. The highest BCUT2D eigenvalue weighted by molar-refractivity contribution is 14.0. The molecule has 0 atom stereocenters. The lowest BCUT2D eigenvalue weighted by Crippen LogP contribution is -2.52. The molecule has 1 N–H and O–H groups in total. The Kier molecular flexibility index (Phi) is 7.89. The van der Waals surface area contributed by atoms with E-state index < -0.39 is 0 Å². The molecule has 1 aromatic carbocycles. The minimum atomic E-state index is 0. The SMILES string of the molecule is CN=C(NCc1ccccc1-n1nc(C)cc1C)N1CCN(c2ccccn2)CC1.I. The van der Waals surface area contributed by atoms with Crippen molar-refractivity contribution in [2.45, 2.75) is 20.4 Å². The summed E-state index contributed by atoms with van der Waals surface area (Å²) < 4.78 is 2.01. The fourth-order valence-electron chi connectivity index (χ4n) is 3.93. The lowest BCUT2D eigenvalue weighted by molar-refractivity contribution is 0.371. The smallest absolute Gasteiger partial charge is 0.194 e. The number of benzene rings is 1. The normalized spacial score (nSPS) is 14.4. The number of anilines is 1. The number of aryl methyl sites for hydroxylation is 2. The van der Waals surface area contributed by atoms with E-state index in [-0.39, 0.29) is 24.0 Å². The first-order valence-electron chi connectivity index (χ1n) is 10.4. The Labute approximate surface area is 201 Å². The number of hydrogen-bond donors (Lipinski definition) is 1. The molecular weight excluding hydrogens is 501 g/mol. The third-order valence-electron chi connectivity index (χ3n) is 5.43. The topological polar surface area (TPSA) is 61.6 Å². The van der Waals surface area contributed by atoms with Crippen LogP contribution in [-0.2, 0) is 6.54 Å². The molecule has 3 aromatic rings. The minimum absolute atomic E-state index is 0. The van der Waals surface area contributed by atoms with Gasteiger partial charge in [-0.05, 0) is 43.7 Å². The molecule has 4 rings (SSSR count). The van der Waals surface area contributed by atoms with E-state index in [1.807, 2.05) is 37.0 Å². The summed E-state index contributed by atoms with van der Waals surface area (Å²) in [4.78, 5) is 13.6. The van der Waals surface area contributed by atoms with Gasteiger partial charge in [0.25, 0.3) is 0 Å². The summed E-state index contributed by atoms with van der Waals surface area (Å²) in [6.45, 7) is 8.49. The second-order valence-electron chi connectivity index (χ2n) is 7.53. The van der Waals surface area contributed by atoms with Gasteiger partial charge in [-0.25, -0.2) is 9.67 Å². The fourth-order valence-corrected chi connectivity index (χ4v) is 3.93. The van der Waals surface area contributed by atoms with Gasteiger partial charge in [0, 0.05) is 51.7 Å². The highest BCUT2D eigenvalue weighted by Gasteiger charge is 2.20. The molecule has 0 saturated carbocycles. The molecule has 0 radical (unpaired) electrons. The van der Waals surface area contributed by atoms with Crippen LogP contribution in [-0.4, -0.2) is 58.9 Å². The van der Waals surface area contributed by atoms with Gasteiger partial charge in [0.15, 0.2) is 5.96 Å². The summed E-state index contributed by atoms with van der Waals surface area (Å²) in [5.41, 5.74) is 4.45. The Morgan fingerprint density at radius 2 is 1.77 bits per heavy atom. The van der Waals surface area contributed by atoms with E-state index in [2.05, 4.69) is 73.5 Å². The van der Waals surface area contributed by atoms with Crippen molar-refractivity contribution >= 4 is 35.8 Å². The van der Waals surface area contributed by atoms with Gasteiger partial charge in [0.05, 0.1) is 11.4 Å². The molecular formula is C23H30IN7. The van der Waals surface area contributed by atoms with E-state index in [4.69, 9.17) is 0 Å². The average molecular weight is 531 g/mol. The van der Waals surface area contributed by atoms with Gasteiger partial charge in [-0.3, -0.25) is 4.99 Å². The maximum Gasteiger partial charge on any atom is 0.194 e. The van der Waals surface area contributed by atoms with E-state index in [9.17, 15) is 0 Å². The van der Waals surface area contributed by atoms with Gasteiger partial charge in [-0.15, -0.1) is 24.0 Å². The Hall–Kier alpha value is -2.62. The van der Waals surface area contributed by atoms with E-state index in [0.717, 1.165) is 55.0 Å². The van der Waals surface area contributed by atoms with Crippen molar-refractivity contribution < 1.29 is 0 Å². The summed E-state index contributed by atoms with van der Waals surface area (Å²) in [5, 5.41) is 8.20. The first kappa shape index (κ1) is 23.1. The molecule has 3 heterocycles. The third kappa shape index (κ3) is 5.36. The summed E-state index contributed by atoms with van der Waals surface area (Å²) in [5.74, 6) is 1.97. The number of nitrogens with one attached hydrogen (secondary N) is 1. The lowest BCUT2D eigenvalue weighted by Gasteiger charge is -2.37. The van der Waals surface area contributed by atoms with Crippen LogP contribution in [0.15, 0.2) is 59.7 Å². The molecule has 2 aromatic heterocycles. The lowest BCUT2D eigenvalue weighted by atomic mass is 10.1. The Morgan fingerprint density at radius 1 is 1.03 bits per heavy atom. The maximum atomic E-state index is 4.65. The first-order valence-corrected chi connectivity index (χ1v) is 10.4. The van der Waals surface area contributed by atoms with E-state index in [0.29, 0.717) is 6.54 Å². The van der Waals surface area contributed by atoms with Crippen molar-refractivity contribution in [3.63, 3.8) is 0 Å². The third-order valence-corrected chi connectivity index (χ3v) is 5.43. The average Bonchev–Trinajstić information content (AvgIpc) is 3.13. The molecule has 164 valence electrons. The second-order valence-corrected chi connectivity index (χ2v) is 7.53. The van der Waals surface area contributed by atoms with Crippen molar-refractivity contribution in [1.82, 2.24) is 25.0 Å². The molecule has 1 aliphatic heterocycles. The van der Waals surface area contributed by atoms with Gasteiger partial charge in [0.2, 0.25) is 0 Å². The largest absolute Gasteiger partial charge is 0.353 e. The number of piperazine rings is 1. The number of aliphatic imine (C=N–C) groups is 1. The quantitative estimate of drug-likeness (QED) is 0.318. The maximum absolute atomic E-state index is 4.65.